The fraction of sp³-hybridized carbons (Fsp3) is 0.455. The largest absolute Gasteiger partial charge is 0.449 e. The molecule has 1 aliphatic rings. The Labute approximate surface area is 190 Å². The highest BCUT2D eigenvalue weighted by Gasteiger charge is 2.38. The number of rotatable bonds is 6. The number of hydrogen-bond donors (Lipinski definition) is 0. The lowest BCUT2D eigenvalue weighted by molar-refractivity contribution is 0.00467. The van der Waals surface area contributed by atoms with Crippen molar-refractivity contribution in [3.8, 4) is 0 Å². The summed E-state index contributed by atoms with van der Waals surface area (Å²) in [4.78, 5) is 32.5. The number of ketones is 1. The molecule has 3 aromatic heterocycles. The van der Waals surface area contributed by atoms with Gasteiger partial charge in [-0.15, -0.1) is 0 Å². The highest BCUT2D eigenvalue weighted by Crippen LogP contribution is 2.38. The molecule has 32 heavy (non-hydrogen) atoms. The molecule has 1 saturated heterocycles. The third-order valence-corrected chi connectivity index (χ3v) is 5.72. The third-order valence-electron chi connectivity index (χ3n) is 5.51. The van der Waals surface area contributed by atoms with Crippen LogP contribution in [0.15, 0.2) is 28.9 Å². The van der Waals surface area contributed by atoms with E-state index in [0.29, 0.717) is 36.1 Å². The van der Waals surface area contributed by atoms with E-state index in [-0.39, 0.29) is 35.4 Å². The Kier molecular flexibility index (Phi) is 6.48. The van der Waals surface area contributed by atoms with Gasteiger partial charge in [-0.1, -0.05) is 18.5 Å². The normalized spacial score (nSPS) is 18.6. The predicted molar refractivity (Wildman–Crippen MR) is 118 cm³/mol. The van der Waals surface area contributed by atoms with Crippen LogP contribution in [0, 0.1) is 0 Å². The zero-order valence-electron chi connectivity index (χ0n) is 18.2. The van der Waals surface area contributed by atoms with Crippen LogP contribution in [0.1, 0.15) is 49.2 Å². The summed E-state index contributed by atoms with van der Waals surface area (Å²) in [5.74, 6) is -0.411. The molecule has 0 saturated carbocycles. The van der Waals surface area contributed by atoms with Crippen LogP contribution in [0.4, 0.5) is 10.5 Å². The summed E-state index contributed by atoms with van der Waals surface area (Å²) in [7, 11) is 1.72. The molecule has 170 valence electrons. The lowest BCUT2D eigenvalue weighted by Crippen LogP contribution is -2.46. The molecule has 0 N–H and O–H groups in total. The minimum Gasteiger partial charge on any atom is -0.449 e. The molecule has 1 amide bonds. The van der Waals surface area contributed by atoms with E-state index < -0.39 is 11.9 Å². The number of nitrogens with zero attached hydrogens (tertiary/aromatic N) is 4. The zero-order valence-corrected chi connectivity index (χ0v) is 19.0. The molecule has 9 nitrogen and oxygen atoms in total. The summed E-state index contributed by atoms with van der Waals surface area (Å²) < 4.78 is 18.7. The van der Waals surface area contributed by atoms with Crippen molar-refractivity contribution in [3.05, 3.63) is 41.0 Å². The highest BCUT2D eigenvalue weighted by molar-refractivity contribution is 6.30. The fourth-order valence-electron chi connectivity index (χ4n) is 3.98. The monoisotopic (exact) mass is 460 g/mol. The van der Waals surface area contributed by atoms with Gasteiger partial charge in [0.25, 0.3) is 0 Å². The van der Waals surface area contributed by atoms with Crippen molar-refractivity contribution in [1.82, 2.24) is 14.8 Å². The van der Waals surface area contributed by atoms with Crippen molar-refractivity contribution >= 4 is 40.3 Å². The minimum atomic E-state index is -0.570. The van der Waals surface area contributed by atoms with Crippen LogP contribution in [0.5, 0.6) is 0 Å². The SMILES string of the molecule is CCOC(=O)N(c1c(C(=O)c2cnn(C)c2)oc2ccc(Cl)nc12)[C@@H]1CCO[C@H](CC)C1. The lowest BCUT2D eigenvalue weighted by Gasteiger charge is -2.36. The molecule has 0 bridgehead atoms. The van der Waals surface area contributed by atoms with Crippen LogP contribution in [0.2, 0.25) is 5.15 Å². The number of aryl methyl sites for hydroxylation is 1. The molecular weight excluding hydrogens is 436 g/mol. The number of pyridine rings is 1. The fourth-order valence-corrected chi connectivity index (χ4v) is 4.13. The van der Waals surface area contributed by atoms with Crippen molar-refractivity contribution in [2.45, 2.75) is 45.3 Å². The number of carbonyl (C=O) groups is 2. The molecule has 1 aliphatic heterocycles. The summed E-state index contributed by atoms with van der Waals surface area (Å²) in [5, 5.41) is 4.30. The van der Waals surface area contributed by atoms with E-state index in [0.717, 1.165) is 6.42 Å². The first kappa shape index (κ1) is 22.3. The van der Waals surface area contributed by atoms with Gasteiger partial charge < -0.3 is 13.9 Å². The molecule has 4 heterocycles. The summed E-state index contributed by atoms with van der Waals surface area (Å²) in [6, 6.07) is 2.96. The zero-order chi connectivity index (χ0) is 22.8. The number of carbonyl (C=O) groups excluding carboxylic acids is 2. The van der Waals surface area contributed by atoms with E-state index in [9.17, 15) is 9.59 Å². The molecule has 3 aromatic rings. The third kappa shape index (κ3) is 4.22. The number of ether oxygens (including phenoxy) is 2. The Morgan fingerprint density at radius 2 is 2.16 bits per heavy atom. The average molecular weight is 461 g/mol. The predicted octanol–water partition coefficient (Wildman–Crippen LogP) is 4.37. The van der Waals surface area contributed by atoms with Gasteiger partial charge in [-0.2, -0.15) is 5.10 Å². The summed E-state index contributed by atoms with van der Waals surface area (Å²) >= 11 is 6.17. The van der Waals surface area contributed by atoms with Crippen molar-refractivity contribution in [2.24, 2.45) is 7.05 Å². The number of amides is 1. The molecule has 2 atom stereocenters. The van der Waals surface area contributed by atoms with Crippen LogP contribution in [0.25, 0.3) is 11.1 Å². The summed E-state index contributed by atoms with van der Waals surface area (Å²) in [6.45, 7) is 4.45. The molecule has 0 unspecified atom stereocenters. The van der Waals surface area contributed by atoms with Crippen LogP contribution in [-0.4, -0.2) is 52.0 Å². The molecule has 10 heteroatoms. The van der Waals surface area contributed by atoms with Gasteiger partial charge in [0.2, 0.25) is 11.5 Å². The van der Waals surface area contributed by atoms with Gasteiger partial charge in [-0.25, -0.2) is 9.78 Å². The van der Waals surface area contributed by atoms with Gasteiger partial charge in [0.1, 0.15) is 16.4 Å². The number of aromatic nitrogens is 3. The summed E-state index contributed by atoms with van der Waals surface area (Å²) in [6.07, 6.45) is 4.47. The topological polar surface area (TPSA) is 99.7 Å². The Hall–Kier alpha value is -2.91. The van der Waals surface area contributed by atoms with Gasteiger partial charge >= 0.3 is 6.09 Å². The maximum Gasteiger partial charge on any atom is 0.414 e. The Morgan fingerprint density at radius 3 is 2.84 bits per heavy atom. The first-order valence-corrected chi connectivity index (χ1v) is 11.0. The van der Waals surface area contributed by atoms with Gasteiger partial charge in [0.15, 0.2) is 5.58 Å². The lowest BCUT2D eigenvalue weighted by atomic mass is 9.99. The standard InChI is InChI=1S/C22H25ClN4O5/c1-4-15-10-14(8-9-31-15)27(22(29)30-5-2)19-18-16(6-7-17(23)25-18)32-21(19)20(28)13-11-24-26(3)12-13/h6-7,11-12,14-15H,4-5,8-10H2,1-3H3/t14-,15-/m1/s1. The van der Waals surface area contributed by atoms with Gasteiger partial charge in [-0.3, -0.25) is 14.4 Å². The maximum atomic E-state index is 13.4. The van der Waals surface area contributed by atoms with Crippen LogP contribution in [0.3, 0.4) is 0 Å². The Morgan fingerprint density at radius 1 is 1.34 bits per heavy atom. The minimum absolute atomic E-state index is 0.00198. The van der Waals surface area contributed by atoms with E-state index in [2.05, 4.69) is 10.1 Å². The molecule has 4 rings (SSSR count). The Balaban J connectivity index is 1.90. The van der Waals surface area contributed by atoms with Gasteiger partial charge in [0, 0.05) is 25.9 Å². The quantitative estimate of drug-likeness (QED) is 0.397. The number of halogens is 1. The van der Waals surface area contributed by atoms with Crippen molar-refractivity contribution in [2.75, 3.05) is 18.1 Å². The van der Waals surface area contributed by atoms with Crippen LogP contribution in [-0.2, 0) is 16.5 Å². The van der Waals surface area contributed by atoms with Crippen LogP contribution >= 0.6 is 11.6 Å². The molecule has 1 fully saturated rings. The van der Waals surface area contributed by atoms with Crippen molar-refractivity contribution < 1.29 is 23.5 Å². The van der Waals surface area contributed by atoms with E-state index in [1.165, 1.54) is 15.8 Å². The second kappa shape index (κ2) is 9.30. The molecular formula is C22H25ClN4O5. The van der Waals surface area contributed by atoms with E-state index >= 15 is 0 Å². The van der Waals surface area contributed by atoms with E-state index in [4.69, 9.17) is 25.5 Å². The Bertz CT molecular complexity index is 1140. The highest BCUT2D eigenvalue weighted by atomic mass is 35.5. The molecule has 0 radical (unpaired) electrons. The number of fused-ring (bicyclic) bond motifs is 1. The second-order valence-corrected chi connectivity index (χ2v) is 8.03. The van der Waals surface area contributed by atoms with Crippen LogP contribution < -0.4 is 4.90 Å². The molecule has 0 aromatic carbocycles. The average Bonchev–Trinajstić information content (AvgIpc) is 3.38. The summed E-state index contributed by atoms with van der Waals surface area (Å²) in [5.41, 5.74) is 1.28. The maximum absolute atomic E-state index is 13.4. The van der Waals surface area contributed by atoms with E-state index in [1.807, 2.05) is 6.92 Å². The first-order chi connectivity index (χ1) is 15.4. The molecule has 0 aliphatic carbocycles. The number of anilines is 1. The smallest absolute Gasteiger partial charge is 0.414 e. The number of hydrogen-bond acceptors (Lipinski definition) is 7. The van der Waals surface area contributed by atoms with E-state index in [1.54, 1.807) is 32.3 Å². The van der Waals surface area contributed by atoms with Gasteiger partial charge in [-0.05, 0) is 38.3 Å². The first-order valence-electron chi connectivity index (χ1n) is 10.6. The van der Waals surface area contributed by atoms with Crippen molar-refractivity contribution in [1.29, 1.82) is 0 Å². The van der Waals surface area contributed by atoms with Gasteiger partial charge in [0.05, 0.1) is 24.5 Å². The molecule has 0 spiro atoms. The van der Waals surface area contributed by atoms with Crippen molar-refractivity contribution in [3.63, 3.8) is 0 Å². The number of furan rings is 1. The second-order valence-electron chi connectivity index (χ2n) is 7.64.